The van der Waals surface area contributed by atoms with Crippen LogP contribution in [-0.4, -0.2) is 29.7 Å². The summed E-state index contributed by atoms with van der Waals surface area (Å²) >= 11 is 0. The van der Waals surface area contributed by atoms with Crippen molar-refractivity contribution in [3.63, 3.8) is 0 Å². The van der Waals surface area contributed by atoms with Gasteiger partial charge in [0.25, 0.3) is 0 Å². The van der Waals surface area contributed by atoms with Crippen molar-refractivity contribution in [2.75, 3.05) is 0 Å². The average Bonchev–Trinajstić information content (AvgIpc) is 3.53. The van der Waals surface area contributed by atoms with Gasteiger partial charge < -0.3 is 0 Å². The molecular weight excluding hydrogens is 456 g/mol. The van der Waals surface area contributed by atoms with Crippen LogP contribution in [0, 0.1) is 0 Å². The molecule has 0 aliphatic heterocycles. The summed E-state index contributed by atoms with van der Waals surface area (Å²) in [6.45, 7) is 0. The van der Waals surface area contributed by atoms with Gasteiger partial charge in [0.15, 0.2) is 0 Å². The highest BCUT2D eigenvalue weighted by Crippen LogP contribution is 2.29. The molecule has 6 nitrogen and oxygen atoms in total. The minimum absolute atomic E-state index is 0.817. The molecule has 0 aliphatic carbocycles. The Hall–Kier alpha value is -5.23. The molecule has 0 N–H and O–H groups in total. The van der Waals surface area contributed by atoms with E-state index in [1.807, 2.05) is 48.5 Å². The molecule has 4 aromatic heterocycles. The molecule has 0 radical (unpaired) electrons. The highest BCUT2D eigenvalue weighted by molar-refractivity contribution is 5.76. The first-order valence-corrected chi connectivity index (χ1v) is 11.9. The number of aromatic nitrogens is 6. The van der Waals surface area contributed by atoms with Crippen LogP contribution in [0.5, 0.6) is 0 Å². The Morgan fingerprint density at radius 1 is 0.568 bits per heavy atom. The fraction of sp³-hybridized carbons (Fsp3) is 0. The zero-order valence-corrected chi connectivity index (χ0v) is 19.9. The van der Waals surface area contributed by atoms with Gasteiger partial charge in [0.1, 0.15) is 12.7 Å². The molecule has 0 aliphatic rings. The van der Waals surface area contributed by atoms with E-state index in [-0.39, 0.29) is 0 Å². The minimum atomic E-state index is 0.817. The smallest absolute Gasteiger partial charge is 0.138 e. The molecule has 37 heavy (non-hydrogen) atoms. The van der Waals surface area contributed by atoms with Crippen molar-refractivity contribution in [1.82, 2.24) is 29.7 Å². The maximum Gasteiger partial charge on any atom is 0.138 e. The minimum Gasteiger partial charge on any atom is -0.255 e. The molecule has 0 atom stereocenters. The number of benzene rings is 2. The van der Waals surface area contributed by atoms with Gasteiger partial charge in [-0.15, -0.1) is 0 Å². The average molecular weight is 479 g/mol. The van der Waals surface area contributed by atoms with E-state index in [1.165, 1.54) is 6.33 Å². The zero-order chi connectivity index (χ0) is 24.9. The van der Waals surface area contributed by atoms with E-state index in [1.54, 1.807) is 23.4 Å². The predicted molar refractivity (Wildman–Crippen MR) is 146 cm³/mol. The Morgan fingerprint density at radius 3 is 1.68 bits per heavy atom. The molecule has 0 bridgehead atoms. The van der Waals surface area contributed by atoms with Crippen LogP contribution in [0.3, 0.4) is 0 Å². The van der Waals surface area contributed by atoms with Gasteiger partial charge in [-0.3, -0.25) is 9.97 Å². The Kier molecular flexibility index (Phi) is 6.12. The van der Waals surface area contributed by atoms with Crippen molar-refractivity contribution >= 4 is 12.2 Å². The number of rotatable bonds is 6. The molecule has 0 amide bonds. The maximum atomic E-state index is 4.86. The van der Waals surface area contributed by atoms with Gasteiger partial charge in [0, 0.05) is 12.4 Å². The third kappa shape index (κ3) is 5.09. The lowest BCUT2D eigenvalue weighted by molar-refractivity contribution is 0.879. The van der Waals surface area contributed by atoms with Gasteiger partial charge in [-0.2, -0.15) is 5.10 Å². The van der Waals surface area contributed by atoms with E-state index in [0.29, 0.717) is 0 Å². The van der Waals surface area contributed by atoms with Crippen LogP contribution >= 0.6 is 0 Å². The number of hydrogen-bond donors (Lipinski definition) is 0. The van der Waals surface area contributed by atoms with E-state index >= 15 is 0 Å². The Balaban J connectivity index is 1.27. The summed E-state index contributed by atoms with van der Waals surface area (Å²) in [4.78, 5) is 17.9. The molecule has 4 heterocycles. The predicted octanol–water partition coefficient (Wildman–Crippen LogP) is 6.62. The summed E-state index contributed by atoms with van der Waals surface area (Å²) in [7, 11) is 0. The topological polar surface area (TPSA) is 69.4 Å². The molecule has 6 rings (SSSR count). The van der Waals surface area contributed by atoms with Crippen molar-refractivity contribution in [3.8, 4) is 39.6 Å². The maximum absolute atomic E-state index is 4.86. The molecule has 0 saturated carbocycles. The molecule has 6 aromatic rings. The summed E-state index contributed by atoms with van der Waals surface area (Å²) < 4.78 is 1.74. The first-order valence-electron chi connectivity index (χ1n) is 11.9. The highest BCUT2D eigenvalue weighted by Gasteiger charge is 2.10. The number of hydrogen-bond acceptors (Lipinski definition) is 5. The number of pyridine rings is 3. The van der Waals surface area contributed by atoms with Crippen LogP contribution < -0.4 is 0 Å². The van der Waals surface area contributed by atoms with Crippen molar-refractivity contribution in [2.24, 2.45) is 0 Å². The van der Waals surface area contributed by atoms with Crippen molar-refractivity contribution in [1.29, 1.82) is 0 Å². The van der Waals surface area contributed by atoms with Crippen LogP contribution in [0.25, 0.3) is 51.7 Å². The molecular formula is C31H22N6. The van der Waals surface area contributed by atoms with Gasteiger partial charge in [-0.05, 0) is 70.8 Å². The second kappa shape index (κ2) is 10.2. The van der Waals surface area contributed by atoms with Crippen molar-refractivity contribution < 1.29 is 0 Å². The van der Waals surface area contributed by atoms with Crippen LogP contribution in [0.2, 0.25) is 0 Å². The fourth-order valence-corrected chi connectivity index (χ4v) is 4.05. The van der Waals surface area contributed by atoms with Crippen LogP contribution in [0.1, 0.15) is 11.1 Å². The SMILES string of the molecule is C(=C\c1ccc(-n2cncn2)cc1)/c1ccc(-c2cc(-c3ccccn3)nc(-c3ccccn3)c2)cc1. The highest BCUT2D eigenvalue weighted by atomic mass is 15.3. The number of nitrogens with zero attached hydrogens (tertiary/aromatic N) is 6. The standard InChI is InChI=1S/C31H22N6/c1-3-17-33-28(5-1)30-19-26(20-31(36-30)29-6-2-4-18-34-29)25-13-9-23(10-14-25)7-8-24-11-15-27(16-12-24)37-22-32-21-35-37/h1-22H/b8-7+. The first-order chi connectivity index (χ1) is 18.3. The van der Waals surface area contributed by atoms with Crippen molar-refractivity contribution in [2.45, 2.75) is 0 Å². The fourth-order valence-electron chi connectivity index (χ4n) is 4.05. The van der Waals surface area contributed by atoms with Crippen LogP contribution in [-0.2, 0) is 0 Å². The van der Waals surface area contributed by atoms with Gasteiger partial charge in [-0.1, -0.05) is 60.7 Å². The molecule has 0 unspecified atom stereocenters. The van der Waals surface area contributed by atoms with Gasteiger partial charge in [-0.25, -0.2) is 14.6 Å². The van der Waals surface area contributed by atoms with Gasteiger partial charge in [0.05, 0.1) is 28.5 Å². The van der Waals surface area contributed by atoms with Crippen LogP contribution in [0.4, 0.5) is 0 Å². The van der Waals surface area contributed by atoms with Gasteiger partial charge in [0.2, 0.25) is 0 Å². The van der Waals surface area contributed by atoms with E-state index < -0.39 is 0 Å². The van der Waals surface area contributed by atoms with E-state index in [2.05, 4.69) is 80.7 Å². The zero-order valence-electron chi connectivity index (χ0n) is 19.9. The second-order valence-corrected chi connectivity index (χ2v) is 8.44. The Bertz CT molecular complexity index is 1570. The Morgan fingerprint density at radius 2 is 1.16 bits per heavy atom. The van der Waals surface area contributed by atoms with Gasteiger partial charge >= 0.3 is 0 Å². The summed E-state index contributed by atoms with van der Waals surface area (Å²) in [5.41, 5.74) is 8.67. The molecule has 176 valence electrons. The lowest BCUT2D eigenvalue weighted by atomic mass is 10.0. The molecule has 0 spiro atoms. The first kappa shape index (κ1) is 22.2. The van der Waals surface area contributed by atoms with E-state index in [4.69, 9.17) is 4.98 Å². The molecule has 0 saturated heterocycles. The monoisotopic (exact) mass is 478 g/mol. The summed E-state index contributed by atoms with van der Waals surface area (Å²) in [5, 5.41) is 4.16. The van der Waals surface area contributed by atoms with E-state index in [0.717, 1.165) is 50.7 Å². The lowest BCUT2D eigenvalue weighted by Gasteiger charge is -2.09. The third-order valence-electron chi connectivity index (χ3n) is 5.97. The largest absolute Gasteiger partial charge is 0.255 e. The van der Waals surface area contributed by atoms with Crippen molar-refractivity contribution in [3.05, 3.63) is 133 Å². The normalized spacial score (nSPS) is 11.1. The summed E-state index contributed by atoms with van der Waals surface area (Å²) in [5.74, 6) is 0. The quantitative estimate of drug-likeness (QED) is 0.252. The molecule has 2 aromatic carbocycles. The third-order valence-corrected chi connectivity index (χ3v) is 5.97. The van der Waals surface area contributed by atoms with E-state index in [9.17, 15) is 0 Å². The molecule has 0 fully saturated rings. The van der Waals surface area contributed by atoms with Crippen LogP contribution in [0.15, 0.2) is 122 Å². The Labute approximate surface area is 214 Å². The summed E-state index contributed by atoms with van der Waals surface area (Å²) in [6, 6.07) is 32.6. The second-order valence-electron chi connectivity index (χ2n) is 8.44. The molecule has 6 heteroatoms. The lowest BCUT2D eigenvalue weighted by Crippen LogP contribution is -1.93. The summed E-state index contributed by atoms with van der Waals surface area (Å²) in [6.07, 6.45) is 11.0.